The second kappa shape index (κ2) is 5.99. The molecule has 0 aliphatic heterocycles. The molecule has 1 aromatic heterocycles. The van der Waals surface area contributed by atoms with E-state index in [0.717, 1.165) is 10.9 Å². The van der Waals surface area contributed by atoms with E-state index < -0.39 is 8.32 Å². The maximum absolute atomic E-state index is 9.99. The summed E-state index contributed by atoms with van der Waals surface area (Å²) < 4.78 is 6.49. The van der Waals surface area contributed by atoms with Gasteiger partial charge in [-0.3, -0.25) is 4.98 Å². The zero-order chi connectivity index (χ0) is 16.5. The van der Waals surface area contributed by atoms with Crippen molar-refractivity contribution in [2.45, 2.75) is 45.0 Å². The van der Waals surface area contributed by atoms with E-state index in [0.29, 0.717) is 12.1 Å². The number of aromatic hydroxyl groups is 1. The number of fused-ring (bicyclic) bond motifs is 1. The highest BCUT2D eigenvalue weighted by Gasteiger charge is 2.39. The summed E-state index contributed by atoms with van der Waals surface area (Å²) in [6.45, 7) is 11.5. The van der Waals surface area contributed by atoms with Crippen LogP contribution in [-0.2, 0) is 4.43 Å². The molecule has 2 aromatic rings. The van der Waals surface area contributed by atoms with Gasteiger partial charge in [-0.05, 0) is 35.8 Å². The molecule has 0 saturated heterocycles. The van der Waals surface area contributed by atoms with Crippen molar-refractivity contribution in [2.75, 3.05) is 6.54 Å². The summed E-state index contributed by atoms with van der Waals surface area (Å²) in [4.78, 5) is 4.27. The highest BCUT2D eigenvalue weighted by Crippen LogP contribution is 2.40. The highest BCUT2D eigenvalue weighted by atomic mass is 28.4. The second-order valence-electron chi connectivity index (χ2n) is 7.18. The molecule has 1 aromatic carbocycles. The molecule has 1 heterocycles. The Balaban J connectivity index is 2.47. The Kier molecular flexibility index (Phi) is 4.61. The molecule has 0 amide bonds. The van der Waals surface area contributed by atoms with Crippen LogP contribution in [0.3, 0.4) is 0 Å². The van der Waals surface area contributed by atoms with Crippen LogP contribution < -0.4 is 5.73 Å². The van der Waals surface area contributed by atoms with Crippen molar-refractivity contribution in [1.82, 2.24) is 4.98 Å². The van der Waals surface area contributed by atoms with Crippen molar-refractivity contribution in [2.24, 2.45) is 5.73 Å². The van der Waals surface area contributed by atoms with Crippen LogP contribution >= 0.6 is 0 Å². The topological polar surface area (TPSA) is 68.4 Å². The van der Waals surface area contributed by atoms with E-state index in [1.165, 1.54) is 0 Å². The minimum atomic E-state index is -1.94. The number of aromatic nitrogens is 1. The van der Waals surface area contributed by atoms with Gasteiger partial charge >= 0.3 is 0 Å². The quantitative estimate of drug-likeness (QED) is 0.837. The fourth-order valence-corrected chi connectivity index (χ4v) is 3.52. The van der Waals surface area contributed by atoms with E-state index in [4.69, 9.17) is 10.2 Å². The molecular weight excluding hydrogens is 292 g/mol. The number of nitrogens with zero attached hydrogens (tertiary/aromatic N) is 1. The zero-order valence-corrected chi connectivity index (χ0v) is 15.1. The van der Waals surface area contributed by atoms with E-state index >= 15 is 0 Å². The van der Waals surface area contributed by atoms with Gasteiger partial charge in [0, 0.05) is 18.1 Å². The van der Waals surface area contributed by atoms with Gasteiger partial charge < -0.3 is 15.3 Å². The summed E-state index contributed by atoms with van der Waals surface area (Å²) in [5.41, 5.74) is 7.59. The van der Waals surface area contributed by atoms with E-state index in [1.54, 1.807) is 12.3 Å². The van der Waals surface area contributed by atoms with Gasteiger partial charge in [0.05, 0.1) is 6.10 Å². The highest BCUT2D eigenvalue weighted by molar-refractivity contribution is 6.74. The van der Waals surface area contributed by atoms with Crippen LogP contribution in [0.4, 0.5) is 0 Å². The number of hydrogen-bond acceptors (Lipinski definition) is 4. The average Bonchev–Trinajstić information content (AvgIpc) is 2.45. The molecule has 0 spiro atoms. The lowest BCUT2D eigenvalue weighted by molar-refractivity contribution is 0.193. The second-order valence-corrected chi connectivity index (χ2v) is 11.9. The fourth-order valence-electron chi connectivity index (χ4n) is 2.23. The Morgan fingerprint density at radius 3 is 2.55 bits per heavy atom. The van der Waals surface area contributed by atoms with Gasteiger partial charge in [-0.15, -0.1) is 0 Å². The zero-order valence-electron chi connectivity index (χ0n) is 14.1. The molecular formula is C17H26N2O2Si. The lowest BCUT2D eigenvalue weighted by Crippen LogP contribution is -2.43. The molecule has 0 bridgehead atoms. The first-order valence-electron chi connectivity index (χ1n) is 7.62. The van der Waals surface area contributed by atoms with Gasteiger partial charge in [-0.25, -0.2) is 0 Å². The molecule has 0 fully saturated rings. The number of nitrogens with two attached hydrogens (primary N) is 1. The molecule has 0 aliphatic carbocycles. The molecule has 5 heteroatoms. The first kappa shape index (κ1) is 16.9. The first-order chi connectivity index (χ1) is 10.2. The number of hydrogen-bond donors (Lipinski definition) is 2. The molecule has 4 nitrogen and oxygen atoms in total. The molecule has 22 heavy (non-hydrogen) atoms. The summed E-state index contributed by atoms with van der Waals surface area (Å²) >= 11 is 0. The maximum atomic E-state index is 9.99. The van der Waals surface area contributed by atoms with Crippen LogP contribution in [0, 0.1) is 0 Å². The van der Waals surface area contributed by atoms with E-state index in [-0.39, 0.29) is 16.9 Å². The third-order valence-corrected chi connectivity index (χ3v) is 9.07. The maximum Gasteiger partial charge on any atom is 0.192 e. The fraction of sp³-hybridized carbons (Fsp3) is 0.471. The van der Waals surface area contributed by atoms with Gasteiger partial charge in [0.25, 0.3) is 0 Å². The number of pyridine rings is 1. The SMILES string of the molecule is CC(C)(C)[Si](C)(C)O[C@@H](CN)c1ccc(O)c2ncccc12. The Labute approximate surface area is 133 Å². The van der Waals surface area contributed by atoms with Crippen LogP contribution in [0.2, 0.25) is 18.1 Å². The predicted molar refractivity (Wildman–Crippen MR) is 93.5 cm³/mol. The van der Waals surface area contributed by atoms with Gasteiger partial charge in [0.1, 0.15) is 11.3 Å². The van der Waals surface area contributed by atoms with Gasteiger partial charge in [0.15, 0.2) is 8.32 Å². The molecule has 0 radical (unpaired) electrons. The lowest BCUT2D eigenvalue weighted by atomic mass is 10.0. The predicted octanol–water partition coefficient (Wildman–Crippen LogP) is 3.96. The van der Waals surface area contributed by atoms with Crippen molar-refractivity contribution in [3.05, 3.63) is 36.0 Å². The van der Waals surface area contributed by atoms with Crippen LogP contribution in [0.1, 0.15) is 32.4 Å². The Bertz CT molecular complexity index is 665. The minimum absolute atomic E-state index is 0.116. The van der Waals surface area contributed by atoms with Gasteiger partial charge in [-0.2, -0.15) is 0 Å². The Morgan fingerprint density at radius 1 is 1.27 bits per heavy atom. The largest absolute Gasteiger partial charge is 0.506 e. The van der Waals surface area contributed by atoms with Crippen LogP contribution in [0.25, 0.3) is 10.9 Å². The molecule has 0 unspecified atom stereocenters. The summed E-state index contributed by atoms with van der Waals surface area (Å²) in [6, 6.07) is 7.38. The summed E-state index contributed by atoms with van der Waals surface area (Å²) in [6.07, 6.45) is 1.49. The summed E-state index contributed by atoms with van der Waals surface area (Å²) in [5, 5.41) is 11.0. The van der Waals surface area contributed by atoms with Gasteiger partial charge in [-0.1, -0.05) is 32.9 Å². The van der Waals surface area contributed by atoms with Crippen molar-refractivity contribution < 1.29 is 9.53 Å². The molecule has 0 saturated carbocycles. The van der Waals surface area contributed by atoms with Crippen molar-refractivity contribution in [1.29, 1.82) is 0 Å². The van der Waals surface area contributed by atoms with Crippen LogP contribution in [0.5, 0.6) is 5.75 Å². The first-order valence-corrected chi connectivity index (χ1v) is 10.5. The third kappa shape index (κ3) is 3.16. The molecule has 2 rings (SSSR count). The third-order valence-electron chi connectivity index (χ3n) is 4.59. The van der Waals surface area contributed by atoms with Crippen LogP contribution in [0.15, 0.2) is 30.5 Å². The Morgan fingerprint density at radius 2 is 1.95 bits per heavy atom. The normalized spacial score (nSPS) is 14.3. The smallest absolute Gasteiger partial charge is 0.192 e. The lowest BCUT2D eigenvalue weighted by Gasteiger charge is -2.39. The monoisotopic (exact) mass is 318 g/mol. The van der Waals surface area contributed by atoms with Crippen molar-refractivity contribution in [3.63, 3.8) is 0 Å². The Hall–Kier alpha value is -1.43. The minimum Gasteiger partial charge on any atom is -0.506 e. The van der Waals surface area contributed by atoms with E-state index in [2.05, 4.69) is 38.8 Å². The van der Waals surface area contributed by atoms with Crippen molar-refractivity contribution in [3.8, 4) is 5.75 Å². The summed E-state index contributed by atoms with van der Waals surface area (Å²) in [7, 11) is -1.94. The molecule has 120 valence electrons. The molecule has 3 N–H and O–H groups in total. The molecule has 0 aliphatic rings. The number of phenolic OH excluding ortho intramolecular Hbond substituents is 1. The van der Waals surface area contributed by atoms with Crippen molar-refractivity contribution >= 4 is 19.2 Å². The number of rotatable bonds is 4. The van der Waals surface area contributed by atoms with Crippen LogP contribution in [-0.4, -0.2) is 25.0 Å². The summed E-state index contributed by atoms with van der Waals surface area (Å²) in [5.74, 6) is 0.183. The molecule has 1 atom stereocenters. The van der Waals surface area contributed by atoms with E-state index in [9.17, 15) is 5.11 Å². The van der Waals surface area contributed by atoms with Gasteiger partial charge in [0.2, 0.25) is 0 Å². The number of phenols is 1. The average molecular weight is 318 g/mol. The standard InChI is InChI=1S/C17H26N2O2Si/c1-17(2,3)22(4,5)21-15(11-18)12-8-9-14(20)16-13(12)7-6-10-19-16/h6-10,15,20H,11,18H2,1-5H3/t15-/m0/s1. The van der Waals surface area contributed by atoms with E-state index in [1.807, 2.05) is 18.2 Å². The number of benzene rings is 1.